The molecule has 0 aliphatic heterocycles. The third-order valence-electron chi connectivity index (χ3n) is 4.65. The Labute approximate surface area is 184 Å². The number of halogens is 1. The molecule has 0 spiro atoms. The van der Waals surface area contributed by atoms with Gasteiger partial charge in [-0.25, -0.2) is 9.07 Å². The van der Waals surface area contributed by atoms with E-state index in [9.17, 15) is 9.18 Å². The van der Waals surface area contributed by atoms with E-state index in [1.807, 2.05) is 32.0 Å². The number of hydrogen-bond acceptors (Lipinski definition) is 5. The molecule has 164 valence electrons. The van der Waals surface area contributed by atoms with Crippen molar-refractivity contribution in [2.24, 2.45) is 0 Å². The largest absolute Gasteiger partial charge is 0.486 e. The summed E-state index contributed by atoms with van der Waals surface area (Å²) in [6, 6.07) is 14.8. The van der Waals surface area contributed by atoms with Crippen LogP contribution >= 0.6 is 0 Å². The van der Waals surface area contributed by atoms with Crippen molar-refractivity contribution in [1.29, 1.82) is 0 Å². The highest BCUT2D eigenvalue weighted by molar-refractivity contribution is 6.02. The fourth-order valence-electron chi connectivity index (χ4n) is 3.05. The Balaban J connectivity index is 1.29. The normalized spacial score (nSPS) is 10.7. The first kappa shape index (κ1) is 21.2. The Morgan fingerprint density at radius 2 is 1.91 bits per heavy atom. The number of benzene rings is 2. The number of carbonyl (C=O) groups is 1. The van der Waals surface area contributed by atoms with Gasteiger partial charge in [-0.05, 0) is 61.9 Å². The van der Waals surface area contributed by atoms with Gasteiger partial charge in [-0.15, -0.1) is 0 Å². The lowest BCUT2D eigenvalue weighted by molar-refractivity contribution is 0.0992. The van der Waals surface area contributed by atoms with E-state index in [0.29, 0.717) is 17.2 Å². The van der Waals surface area contributed by atoms with Gasteiger partial charge in [0.1, 0.15) is 29.7 Å². The van der Waals surface area contributed by atoms with Crippen LogP contribution in [0.15, 0.2) is 71.4 Å². The zero-order chi connectivity index (χ0) is 22.5. The number of ether oxygens (including phenoxy) is 2. The molecule has 0 saturated carbocycles. The molecule has 0 atom stereocenters. The average Bonchev–Trinajstić information content (AvgIpc) is 3.42. The molecule has 2 heterocycles. The molecule has 0 aliphatic carbocycles. The van der Waals surface area contributed by atoms with E-state index in [-0.39, 0.29) is 24.9 Å². The van der Waals surface area contributed by atoms with Crippen LogP contribution < -0.4 is 14.8 Å². The number of hydrogen-bond donors (Lipinski definition) is 1. The van der Waals surface area contributed by atoms with Crippen molar-refractivity contribution in [2.45, 2.75) is 27.2 Å². The van der Waals surface area contributed by atoms with E-state index in [4.69, 9.17) is 13.9 Å². The molecule has 7 nitrogen and oxygen atoms in total. The van der Waals surface area contributed by atoms with Gasteiger partial charge < -0.3 is 19.2 Å². The average molecular weight is 435 g/mol. The smallest absolute Gasteiger partial charge is 0.291 e. The van der Waals surface area contributed by atoms with Crippen molar-refractivity contribution >= 4 is 11.6 Å². The van der Waals surface area contributed by atoms with E-state index in [2.05, 4.69) is 10.4 Å². The maximum atomic E-state index is 12.9. The zero-order valence-electron chi connectivity index (χ0n) is 17.7. The topological polar surface area (TPSA) is 78.5 Å². The number of nitrogens with zero attached hydrogens (tertiary/aromatic N) is 2. The molecule has 1 amide bonds. The Morgan fingerprint density at radius 1 is 1.09 bits per heavy atom. The van der Waals surface area contributed by atoms with Gasteiger partial charge in [0.05, 0.1) is 18.1 Å². The van der Waals surface area contributed by atoms with E-state index in [1.165, 1.54) is 36.0 Å². The summed E-state index contributed by atoms with van der Waals surface area (Å²) in [5, 5.41) is 6.93. The third kappa shape index (κ3) is 5.34. The van der Waals surface area contributed by atoms with E-state index in [1.54, 1.807) is 23.0 Å². The number of aryl methyl sites for hydroxylation is 2. The number of anilines is 1. The number of nitrogens with one attached hydrogen (secondary N) is 1. The summed E-state index contributed by atoms with van der Waals surface area (Å²) >= 11 is 0. The molecule has 0 aliphatic rings. The van der Waals surface area contributed by atoms with Crippen molar-refractivity contribution in [1.82, 2.24) is 9.78 Å². The van der Waals surface area contributed by atoms with E-state index >= 15 is 0 Å². The van der Waals surface area contributed by atoms with Gasteiger partial charge >= 0.3 is 0 Å². The van der Waals surface area contributed by atoms with Crippen molar-refractivity contribution in [3.05, 3.63) is 95.5 Å². The number of aromatic nitrogens is 2. The summed E-state index contributed by atoms with van der Waals surface area (Å²) in [5.74, 6) is 1.15. The van der Waals surface area contributed by atoms with Crippen LogP contribution in [0.25, 0.3) is 0 Å². The molecule has 0 radical (unpaired) electrons. The van der Waals surface area contributed by atoms with Crippen molar-refractivity contribution in [2.75, 3.05) is 5.32 Å². The third-order valence-corrected chi connectivity index (χ3v) is 4.65. The number of carbonyl (C=O) groups excluding carboxylic acids is 1. The highest BCUT2D eigenvalue weighted by atomic mass is 19.1. The summed E-state index contributed by atoms with van der Waals surface area (Å²) < 4.78 is 31.4. The minimum atomic E-state index is -0.409. The van der Waals surface area contributed by atoms with Crippen LogP contribution in [0, 0.1) is 19.7 Å². The molecule has 32 heavy (non-hydrogen) atoms. The predicted octanol–water partition coefficient (Wildman–Crippen LogP) is 5.10. The lowest BCUT2D eigenvalue weighted by atomic mass is 10.1. The Hall–Kier alpha value is -4.07. The molecule has 1 N–H and O–H groups in total. The molecule has 2 aromatic carbocycles. The molecule has 0 bridgehead atoms. The number of furan rings is 1. The molecule has 4 rings (SSSR count). The highest BCUT2D eigenvalue weighted by Gasteiger charge is 2.13. The summed E-state index contributed by atoms with van der Waals surface area (Å²) in [4.78, 5) is 12.4. The van der Waals surface area contributed by atoms with Crippen molar-refractivity contribution < 1.29 is 23.1 Å². The maximum Gasteiger partial charge on any atom is 0.291 e. The maximum absolute atomic E-state index is 12.9. The first-order valence-electron chi connectivity index (χ1n) is 9.97. The molecule has 4 aromatic rings. The monoisotopic (exact) mass is 435 g/mol. The summed E-state index contributed by atoms with van der Waals surface area (Å²) in [6.45, 7) is 4.34. The minimum Gasteiger partial charge on any atom is -0.486 e. The van der Waals surface area contributed by atoms with Gasteiger partial charge in [0.2, 0.25) is 0 Å². The quantitative estimate of drug-likeness (QED) is 0.417. The first-order valence-corrected chi connectivity index (χ1v) is 9.97. The minimum absolute atomic E-state index is 0.118. The number of rotatable bonds is 8. The van der Waals surface area contributed by atoms with Crippen molar-refractivity contribution in [3.63, 3.8) is 0 Å². The Morgan fingerprint density at radius 3 is 2.69 bits per heavy atom. The van der Waals surface area contributed by atoms with Crippen LogP contribution in [-0.4, -0.2) is 15.7 Å². The second-order valence-electron chi connectivity index (χ2n) is 7.27. The van der Waals surface area contributed by atoms with Crippen LogP contribution in [0.5, 0.6) is 11.5 Å². The number of amides is 1. The fourth-order valence-corrected chi connectivity index (χ4v) is 3.05. The van der Waals surface area contributed by atoms with Gasteiger partial charge in [0.25, 0.3) is 5.91 Å². The van der Waals surface area contributed by atoms with Gasteiger partial charge in [-0.3, -0.25) is 4.79 Å². The van der Waals surface area contributed by atoms with Crippen LogP contribution in [0.1, 0.15) is 27.4 Å². The molecule has 2 aromatic heterocycles. The summed E-state index contributed by atoms with van der Waals surface area (Å²) in [6.07, 6.45) is 3.20. The van der Waals surface area contributed by atoms with E-state index in [0.717, 1.165) is 11.3 Å². The van der Waals surface area contributed by atoms with Gasteiger partial charge in [0, 0.05) is 0 Å². The molecule has 8 heteroatoms. The van der Waals surface area contributed by atoms with Gasteiger partial charge in [-0.1, -0.05) is 17.7 Å². The summed E-state index contributed by atoms with van der Waals surface area (Å²) in [5.41, 5.74) is 2.73. The molecule has 0 unspecified atom stereocenters. The van der Waals surface area contributed by atoms with Gasteiger partial charge in [0.15, 0.2) is 12.5 Å². The second-order valence-corrected chi connectivity index (χ2v) is 7.27. The first-order chi connectivity index (χ1) is 15.5. The summed E-state index contributed by atoms with van der Waals surface area (Å²) in [7, 11) is 0. The van der Waals surface area contributed by atoms with E-state index < -0.39 is 5.91 Å². The van der Waals surface area contributed by atoms with Crippen molar-refractivity contribution in [3.8, 4) is 11.5 Å². The Bertz CT molecular complexity index is 1210. The highest BCUT2D eigenvalue weighted by Crippen LogP contribution is 2.20. The molecule has 0 fully saturated rings. The molecule has 0 saturated heterocycles. The fraction of sp³-hybridized carbons (Fsp3) is 0.167. The lowest BCUT2D eigenvalue weighted by Crippen LogP contribution is -2.10. The standard InChI is InChI=1S/C24H22FN3O4/c1-16-3-9-22(17(2)11-16)31-15-28-13-19(12-26-28)27-24(29)23-10-8-21(32-23)14-30-20-6-4-18(25)5-7-20/h3-13H,14-15H2,1-2H3,(H,27,29). The van der Waals surface area contributed by atoms with Crippen LogP contribution in [0.4, 0.5) is 10.1 Å². The second kappa shape index (κ2) is 9.38. The SMILES string of the molecule is Cc1ccc(OCn2cc(NC(=O)c3ccc(COc4ccc(F)cc4)o3)cn2)c(C)c1. The van der Waals surface area contributed by atoms with Crippen LogP contribution in [0.2, 0.25) is 0 Å². The Kier molecular flexibility index (Phi) is 6.21. The van der Waals surface area contributed by atoms with Crippen LogP contribution in [0.3, 0.4) is 0 Å². The van der Waals surface area contributed by atoms with Crippen LogP contribution in [-0.2, 0) is 13.3 Å². The molecular weight excluding hydrogens is 413 g/mol. The van der Waals surface area contributed by atoms with Gasteiger partial charge in [-0.2, -0.15) is 5.10 Å². The lowest BCUT2D eigenvalue weighted by Gasteiger charge is -2.09. The zero-order valence-corrected chi connectivity index (χ0v) is 17.7. The molecular formula is C24H22FN3O4. The predicted molar refractivity (Wildman–Crippen MR) is 116 cm³/mol.